The van der Waals surface area contributed by atoms with Crippen molar-refractivity contribution < 1.29 is 9.18 Å². The number of carbonyl (C=O) groups is 1. The minimum atomic E-state index is -0.551. The number of carbonyl (C=O) groups excluding carboxylic acids is 1. The highest BCUT2D eigenvalue weighted by Gasteiger charge is 2.26. The summed E-state index contributed by atoms with van der Waals surface area (Å²) in [5.74, 6) is -0.429. The van der Waals surface area contributed by atoms with Crippen molar-refractivity contribution in [3.8, 4) is 0 Å². The van der Waals surface area contributed by atoms with E-state index in [-0.39, 0.29) is 17.3 Å². The van der Waals surface area contributed by atoms with Crippen molar-refractivity contribution >= 4 is 16.8 Å². The van der Waals surface area contributed by atoms with Gasteiger partial charge in [-0.2, -0.15) is 0 Å². The third-order valence-electron chi connectivity index (χ3n) is 3.84. The van der Waals surface area contributed by atoms with Gasteiger partial charge in [0.2, 0.25) is 5.91 Å². The number of rotatable bonds is 3. The van der Waals surface area contributed by atoms with Crippen LogP contribution in [0.3, 0.4) is 0 Å². The second kappa shape index (κ2) is 6.11. The van der Waals surface area contributed by atoms with E-state index in [9.17, 15) is 9.18 Å². The SMILES string of the molecule is CC(C)(C)NC(=O)C(c1ccc(F)cc1)n1ccc2ccccc21. The van der Waals surface area contributed by atoms with Crippen LogP contribution in [-0.4, -0.2) is 16.0 Å². The minimum absolute atomic E-state index is 0.115. The van der Waals surface area contributed by atoms with Crippen LogP contribution in [0.1, 0.15) is 32.4 Å². The molecule has 0 fully saturated rings. The Kier molecular flexibility index (Phi) is 4.14. The lowest BCUT2D eigenvalue weighted by Crippen LogP contribution is -2.44. The lowest BCUT2D eigenvalue weighted by atomic mass is 10.0. The molecule has 1 aromatic heterocycles. The fourth-order valence-electron chi connectivity index (χ4n) is 2.85. The van der Waals surface area contributed by atoms with Gasteiger partial charge in [0, 0.05) is 17.3 Å². The zero-order valence-electron chi connectivity index (χ0n) is 14.1. The number of hydrogen-bond acceptors (Lipinski definition) is 1. The number of para-hydroxylation sites is 1. The van der Waals surface area contributed by atoms with Crippen LogP contribution in [0.2, 0.25) is 0 Å². The number of fused-ring (bicyclic) bond motifs is 1. The van der Waals surface area contributed by atoms with Gasteiger partial charge in [0.05, 0.1) is 0 Å². The lowest BCUT2D eigenvalue weighted by molar-refractivity contribution is -0.124. The first-order valence-electron chi connectivity index (χ1n) is 7.98. The molecule has 0 saturated carbocycles. The number of aromatic nitrogens is 1. The molecule has 1 N–H and O–H groups in total. The van der Waals surface area contributed by atoms with Crippen LogP contribution in [0.15, 0.2) is 60.8 Å². The molecule has 2 aromatic carbocycles. The summed E-state index contributed by atoms with van der Waals surface area (Å²) in [5, 5.41) is 4.09. The summed E-state index contributed by atoms with van der Waals surface area (Å²) in [4.78, 5) is 13.0. The summed E-state index contributed by atoms with van der Waals surface area (Å²) in [6.45, 7) is 5.83. The number of hydrogen-bond donors (Lipinski definition) is 1. The highest BCUT2D eigenvalue weighted by atomic mass is 19.1. The molecule has 0 aliphatic carbocycles. The van der Waals surface area contributed by atoms with E-state index in [1.54, 1.807) is 12.1 Å². The first kappa shape index (κ1) is 16.2. The van der Waals surface area contributed by atoms with Gasteiger partial charge in [0.15, 0.2) is 0 Å². The molecule has 1 unspecified atom stereocenters. The van der Waals surface area contributed by atoms with Crippen molar-refractivity contribution in [1.82, 2.24) is 9.88 Å². The Hall–Kier alpha value is -2.62. The van der Waals surface area contributed by atoms with E-state index in [1.807, 2.05) is 61.9 Å². The predicted octanol–water partition coefficient (Wildman–Crippen LogP) is 4.28. The van der Waals surface area contributed by atoms with Gasteiger partial charge >= 0.3 is 0 Å². The van der Waals surface area contributed by atoms with Crippen molar-refractivity contribution in [2.75, 3.05) is 0 Å². The molecule has 0 aliphatic heterocycles. The molecule has 0 saturated heterocycles. The van der Waals surface area contributed by atoms with E-state index >= 15 is 0 Å². The van der Waals surface area contributed by atoms with Crippen LogP contribution in [0, 0.1) is 5.82 Å². The Morgan fingerprint density at radius 1 is 1.04 bits per heavy atom. The maximum absolute atomic E-state index is 13.3. The van der Waals surface area contributed by atoms with Gasteiger partial charge < -0.3 is 9.88 Å². The van der Waals surface area contributed by atoms with E-state index in [0.29, 0.717) is 0 Å². The minimum Gasteiger partial charge on any atom is -0.349 e. The van der Waals surface area contributed by atoms with E-state index < -0.39 is 6.04 Å². The van der Waals surface area contributed by atoms with Gasteiger partial charge in [-0.25, -0.2) is 4.39 Å². The third-order valence-corrected chi connectivity index (χ3v) is 3.84. The number of nitrogens with zero attached hydrogens (tertiary/aromatic N) is 1. The number of halogens is 1. The van der Waals surface area contributed by atoms with Crippen LogP contribution in [0.4, 0.5) is 4.39 Å². The molecule has 124 valence electrons. The lowest BCUT2D eigenvalue weighted by Gasteiger charge is -2.26. The normalized spacial score (nSPS) is 13.0. The number of nitrogens with one attached hydrogen (secondary N) is 1. The van der Waals surface area contributed by atoms with Crippen LogP contribution in [-0.2, 0) is 4.79 Å². The van der Waals surface area contributed by atoms with Crippen LogP contribution >= 0.6 is 0 Å². The highest BCUT2D eigenvalue weighted by molar-refractivity contribution is 5.88. The summed E-state index contributed by atoms with van der Waals surface area (Å²) in [6, 6.07) is 15.4. The van der Waals surface area contributed by atoms with E-state index in [1.165, 1.54) is 12.1 Å². The number of amides is 1. The van der Waals surface area contributed by atoms with Crippen molar-refractivity contribution in [2.45, 2.75) is 32.4 Å². The van der Waals surface area contributed by atoms with Gasteiger partial charge in [0.25, 0.3) is 0 Å². The van der Waals surface area contributed by atoms with E-state index in [2.05, 4.69) is 5.32 Å². The Balaban J connectivity index is 2.11. The molecule has 0 bridgehead atoms. The number of benzene rings is 2. The zero-order chi connectivity index (χ0) is 17.3. The Bertz CT molecular complexity index is 859. The summed E-state index contributed by atoms with van der Waals surface area (Å²) in [5.41, 5.74) is 1.37. The van der Waals surface area contributed by atoms with Crippen molar-refractivity contribution in [2.24, 2.45) is 0 Å². The monoisotopic (exact) mass is 324 g/mol. The third kappa shape index (κ3) is 3.32. The molecular weight excluding hydrogens is 303 g/mol. The highest BCUT2D eigenvalue weighted by Crippen LogP contribution is 2.26. The van der Waals surface area contributed by atoms with Crippen molar-refractivity contribution in [1.29, 1.82) is 0 Å². The smallest absolute Gasteiger partial charge is 0.248 e. The van der Waals surface area contributed by atoms with Crippen LogP contribution in [0.25, 0.3) is 10.9 Å². The molecule has 0 radical (unpaired) electrons. The molecule has 1 heterocycles. The molecule has 0 spiro atoms. The molecule has 24 heavy (non-hydrogen) atoms. The second-order valence-corrected chi connectivity index (χ2v) is 6.98. The molecule has 3 nitrogen and oxygen atoms in total. The van der Waals surface area contributed by atoms with Crippen LogP contribution < -0.4 is 5.32 Å². The van der Waals surface area contributed by atoms with Gasteiger partial charge in [-0.3, -0.25) is 4.79 Å². The summed E-state index contributed by atoms with van der Waals surface area (Å²) in [7, 11) is 0. The molecule has 4 heteroatoms. The Morgan fingerprint density at radius 3 is 2.38 bits per heavy atom. The first-order chi connectivity index (χ1) is 11.3. The predicted molar refractivity (Wildman–Crippen MR) is 94.4 cm³/mol. The fraction of sp³-hybridized carbons (Fsp3) is 0.250. The van der Waals surface area contributed by atoms with Crippen molar-refractivity contribution in [3.63, 3.8) is 0 Å². The van der Waals surface area contributed by atoms with E-state index in [4.69, 9.17) is 0 Å². The van der Waals surface area contributed by atoms with Gasteiger partial charge in [-0.15, -0.1) is 0 Å². The quantitative estimate of drug-likeness (QED) is 0.766. The molecule has 1 atom stereocenters. The topological polar surface area (TPSA) is 34.0 Å². The fourth-order valence-corrected chi connectivity index (χ4v) is 2.85. The largest absolute Gasteiger partial charge is 0.349 e. The standard InChI is InChI=1S/C20H21FN2O/c1-20(2,3)22-19(24)18(15-8-10-16(21)11-9-15)23-13-12-14-6-4-5-7-17(14)23/h4-13,18H,1-3H3,(H,22,24). The molecule has 1 amide bonds. The molecule has 3 aromatic rings. The molecular formula is C20H21FN2O. The Labute approximate surface area is 141 Å². The Morgan fingerprint density at radius 2 is 1.71 bits per heavy atom. The maximum atomic E-state index is 13.3. The average molecular weight is 324 g/mol. The summed E-state index contributed by atoms with van der Waals surface area (Å²) < 4.78 is 15.2. The zero-order valence-corrected chi connectivity index (χ0v) is 14.1. The van der Waals surface area contributed by atoms with Crippen LogP contribution in [0.5, 0.6) is 0 Å². The van der Waals surface area contributed by atoms with Gasteiger partial charge in [-0.1, -0.05) is 30.3 Å². The summed E-state index contributed by atoms with van der Waals surface area (Å²) in [6.07, 6.45) is 1.90. The summed E-state index contributed by atoms with van der Waals surface area (Å²) >= 11 is 0. The van der Waals surface area contributed by atoms with E-state index in [0.717, 1.165) is 16.5 Å². The first-order valence-corrected chi connectivity index (χ1v) is 7.98. The van der Waals surface area contributed by atoms with Gasteiger partial charge in [-0.05, 0) is 56.0 Å². The molecule has 3 rings (SSSR count). The second-order valence-electron chi connectivity index (χ2n) is 6.98. The molecule has 0 aliphatic rings. The maximum Gasteiger partial charge on any atom is 0.248 e. The average Bonchev–Trinajstić information content (AvgIpc) is 2.92. The van der Waals surface area contributed by atoms with Crippen molar-refractivity contribution in [3.05, 3.63) is 72.2 Å². The van der Waals surface area contributed by atoms with Gasteiger partial charge in [0.1, 0.15) is 11.9 Å².